The lowest BCUT2D eigenvalue weighted by Crippen LogP contribution is -2.27. The molecule has 60 valence electrons. The van der Waals surface area contributed by atoms with E-state index in [1.807, 2.05) is 0 Å². The Labute approximate surface area is 63.4 Å². The van der Waals surface area contributed by atoms with Crippen LogP contribution in [0.4, 0.5) is 0 Å². The standard InChI is InChI=1S/C5H9ClO4/c6-1-2-10-5(9)4(8)3-7/h4,7-8H,1-3H2. The van der Waals surface area contributed by atoms with E-state index in [2.05, 4.69) is 4.74 Å². The number of ether oxygens (including phenoxy) is 1. The van der Waals surface area contributed by atoms with E-state index in [0.717, 1.165) is 0 Å². The zero-order valence-electron chi connectivity index (χ0n) is 5.29. The minimum atomic E-state index is -1.44. The van der Waals surface area contributed by atoms with Gasteiger partial charge in [-0.2, -0.15) is 0 Å². The molecular formula is C5H9ClO4. The molecule has 1 atom stereocenters. The molecule has 2 N–H and O–H groups in total. The van der Waals surface area contributed by atoms with Gasteiger partial charge in [0.05, 0.1) is 12.5 Å². The van der Waals surface area contributed by atoms with Gasteiger partial charge >= 0.3 is 5.97 Å². The molecule has 0 aliphatic rings. The Morgan fingerprint density at radius 3 is 2.70 bits per heavy atom. The lowest BCUT2D eigenvalue weighted by atomic mass is 10.4. The zero-order valence-corrected chi connectivity index (χ0v) is 6.04. The molecule has 0 aromatic carbocycles. The fourth-order valence-corrected chi connectivity index (χ4v) is 0.387. The molecule has 0 saturated carbocycles. The molecule has 0 aromatic rings. The van der Waals surface area contributed by atoms with Gasteiger partial charge in [0.15, 0.2) is 6.10 Å². The molecule has 0 aromatic heterocycles. The molecule has 0 aliphatic carbocycles. The monoisotopic (exact) mass is 168 g/mol. The Balaban J connectivity index is 3.42. The average molecular weight is 169 g/mol. The molecule has 0 radical (unpaired) electrons. The SMILES string of the molecule is O=C(OCCCl)C(O)CO. The lowest BCUT2D eigenvalue weighted by Gasteiger charge is -2.05. The van der Waals surface area contributed by atoms with E-state index in [1.165, 1.54) is 0 Å². The van der Waals surface area contributed by atoms with Crippen LogP contribution in [-0.4, -0.2) is 41.4 Å². The van der Waals surface area contributed by atoms with E-state index in [-0.39, 0.29) is 12.5 Å². The van der Waals surface area contributed by atoms with E-state index in [0.29, 0.717) is 0 Å². The summed E-state index contributed by atoms with van der Waals surface area (Å²) in [6.45, 7) is -0.571. The van der Waals surface area contributed by atoms with E-state index < -0.39 is 18.7 Å². The number of carbonyl (C=O) groups excluding carboxylic acids is 1. The third kappa shape index (κ3) is 3.66. The second-order valence-electron chi connectivity index (χ2n) is 1.55. The van der Waals surface area contributed by atoms with Crippen LogP contribution >= 0.6 is 11.6 Å². The lowest BCUT2D eigenvalue weighted by molar-refractivity contribution is -0.154. The predicted octanol–water partition coefficient (Wildman–Crippen LogP) is -0.878. The van der Waals surface area contributed by atoms with Crippen molar-refractivity contribution in [2.24, 2.45) is 0 Å². The molecule has 0 saturated heterocycles. The second-order valence-corrected chi connectivity index (χ2v) is 1.93. The highest BCUT2D eigenvalue weighted by Gasteiger charge is 2.13. The van der Waals surface area contributed by atoms with Crippen LogP contribution in [0.5, 0.6) is 0 Å². The van der Waals surface area contributed by atoms with Crippen molar-refractivity contribution in [3.05, 3.63) is 0 Å². The highest BCUT2D eigenvalue weighted by atomic mass is 35.5. The van der Waals surface area contributed by atoms with Gasteiger partial charge < -0.3 is 14.9 Å². The van der Waals surface area contributed by atoms with Crippen molar-refractivity contribution in [2.75, 3.05) is 19.1 Å². The summed E-state index contributed by atoms with van der Waals surface area (Å²) in [7, 11) is 0. The van der Waals surface area contributed by atoms with Crippen LogP contribution in [0.3, 0.4) is 0 Å². The van der Waals surface area contributed by atoms with Crippen LogP contribution in [0.2, 0.25) is 0 Å². The number of aliphatic hydroxyl groups is 2. The minimum Gasteiger partial charge on any atom is -0.462 e. The van der Waals surface area contributed by atoms with Crippen LogP contribution in [0.1, 0.15) is 0 Å². The third-order valence-corrected chi connectivity index (χ3v) is 0.921. The highest BCUT2D eigenvalue weighted by molar-refractivity contribution is 6.18. The molecule has 0 rings (SSSR count). The number of alkyl halides is 1. The number of aliphatic hydroxyl groups excluding tert-OH is 2. The summed E-state index contributed by atoms with van der Waals surface area (Å²) in [5.74, 6) is -0.660. The highest BCUT2D eigenvalue weighted by Crippen LogP contribution is 1.87. The fourth-order valence-electron chi connectivity index (χ4n) is 0.310. The van der Waals surface area contributed by atoms with E-state index in [9.17, 15) is 4.79 Å². The number of esters is 1. The predicted molar refractivity (Wildman–Crippen MR) is 34.8 cm³/mol. The summed E-state index contributed by atoms with van der Waals surface area (Å²) in [5, 5.41) is 16.8. The number of hydrogen-bond donors (Lipinski definition) is 2. The molecule has 1 unspecified atom stereocenters. The van der Waals surface area contributed by atoms with Gasteiger partial charge in [0.1, 0.15) is 6.61 Å². The molecule has 0 bridgehead atoms. The first kappa shape index (κ1) is 9.68. The normalized spacial score (nSPS) is 12.7. The molecule has 0 aliphatic heterocycles. The number of carbonyl (C=O) groups is 1. The third-order valence-electron chi connectivity index (χ3n) is 0.766. The summed E-state index contributed by atoms with van der Waals surface area (Å²) < 4.78 is 4.36. The Bertz CT molecular complexity index is 106. The molecule has 0 spiro atoms. The van der Waals surface area contributed by atoms with Crippen molar-refractivity contribution in [1.82, 2.24) is 0 Å². The quantitative estimate of drug-likeness (QED) is 0.423. The summed E-state index contributed by atoms with van der Waals surface area (Å²) in [5.41, 5.74) is 0. The van der Waals surface area contributed by atoms with Crippen LogP contribution < -0.4 is 0 Å². The van der Waals surface area contributed by atoms with E-state index in [1.54, 1.807) is 0 Å². The van der Waals surface area contributed by atoms with Crippen LogP contribution in [0.25, 0.3) is 0 Å². The Hall–Kier alpha value is -0.320. The first-order valence-electron chi connectivity index (χ1n) is 2.74. The summed E-state index contributed by atoms with van der Waals surface area (Å²) in [6.07, 6.45) is -1.44. The van der Waals surface area contributed by atoms with Crippen molar-refractivity contribution >= 4 is 17.6 Å². The molecule has 0 heterocycles. The minimum absolute atomic E-state index is 0.0530. The van der Waals surface area contributed by atoms with Crippen LogP contribution in [-0.2, 0) is 9.53 Å². The van der Waals surface area contributed by atoms with E-state index >= 15 is 0 Å². The zero-order chi connectivity index (χ0) is 7.98. The Morgan fingerprint density at radius 2 is 2.30 bits per heavy atom. The average Bonchev–Trinajstić information content (AvgIpc) is 1.98. The largest absolute Gasteiger partial charge is 0.462 e. The van der Waals surface area contributed by atoms with Crippen molar-refractivity contribution < 1.29 is 19.7 Å². The van der Waals surface area contributed by atoms with Gasteiger partial charge in [-0.05, 0) is 0 Å². The van der Waals surface area contributed by atoms with Gasteiger partial charge in [0.2, 0.25) is 0 Å². The second kappa shape index (κ2) is 5.46. The fraction of sp³-hybridized carbons (Fsp3) is 0.800. The molecule has 10 heavy (non-hydrogen) atoms. The van der Waals surface area contributed by atoms with E-state index in [4.69, 9.17) is 21.8 Å². The Morgan fingerprint density at radius 1 is 1.70 bits per heavy atom. The van der Waals surface area contributed by atoms with Crippen molar-refractivity contribution in [3.63, 3.8) is 0 Å². The van der Waals surface area contributed by atoms with Crippen LogP contribution in [0.15, 0.2) is 0 Å². The molecular weight excluding hydrogens is 160 g/mol. The smallest absolute Gasteiger partial charge is 0.337 e. The topological polar surface area (TPSA) is 66.8 Å². The Kier molecular flexibility index (Phi) is 5.29. The molecule has 5 heteroatoms. The first-order chi connectivity index (χ1) is 4.72. The molecule has 0 fully saturated rings. The van der Waals surface area contributed by atoms with Gasteiger partial charge in [0, 0.05) is 0 Å². The maximum Gasteiger partial charge on any atom is 0.337 e. The summed E-state index contributed by atoms with van der Waals surface area (Å²) in [6, 6.07) is 0. The number of halogens is 1. The maximum atomic E-state index is 10.4. The maximum absolute atomic E-state index is 10.4. The number of rotatable bonds is 4. The van der Waals surface area contributed by atoms with Crippen molar-refractivity contribution in [1.29, 1.82) is 0 Å². The van der Waals surface area contributed by atoms with Crippen LogP contribution in [0, 0.1) is 0 Å². The van der Waals surface area contributed by atoms with Crippen molar-refractivity contribution in [3.8, 4) is 0 Å². The summed E-state index contributed by atoms with van der Waals surface area (Å²) >= 11 is 5.17. The van der Waals surface area contributed by atoms with Gasteiger partial charge in [-0.3, -0.25) is 0 Å². The van der Waals surface area contributed by atoms with Crippen molar-refractivity contribution in [2.45, 2.75) is 6.10 Å². The van der Waals surface area contributed by atoms with Gasteiger partial charge in [0.25, 0.3) is 0 Å². The summed E-state index contributed by atoms with van der Waals surface area (Å²) in [4.78, 5) is 10.4. The molecule has 4 nitrogen and oxygen atoms in total. The van der Waals surface area contributed by atoms with Gasteiger partial charge in [-0.25, -0.2) is 4.79 Å². The first-order valence-corrected chi connectivity index (χ1v) is 3.27. The van der Waals surface area contributed by atoms with Gasteiger partial charge in [-0.1, -0.05) is 0 Å². The van der Waals surface area contributed by atoms with Gasteiger partial charge in [-0.15, -0.1) is 11.6 Å². The number of hydrogen-bond acceptors (Lipinski definition) is 4. The molecule has 0 amide bonds.